The Morgan fingerprint density at radius 2 is 2.17 bits per heavy atom. The van der Waals surface area contributed by atoms with Gasteiger partial charge in [-0.3, -0.25) is 19.3 Å². The summed E-state index contributed by atoms with van der Waals surface area (Å²) in [6.45, 7) is 5.72. The molecule has 4 rings (SSSR count). The molecule has 0 radical (unpaired) electrons. The number of hydrogen-bond acceptors (Lipinski definition) is 6. The van der Waals surface area contributed by atoms with E-state index >= 15 is 0 Å². The van der Waals surface area contributed by atoms with Gasteiger partial charge in [0, 0.05) is 30.6 Å². The fourth-order valence-corrected chi connectivity index (χ4v) is 6.25. The highest BCUT2D eigenvalue weighted by Crippen LogP contribution is 2.26. The van der Waals surface area contributed by atoms with Gasteiger partial charge in [0.25, 0.3) is 5.91 Å². The van der Waals surface area contributed by atoms with Crippen LogP contribution in [0.5, 0.6) is 0 Å². The third kappa shape index (κ3) is 4.79. The van der Waals surface area contributed by atoms with Crippen molar-refractivity contribution in [1.29, 1.82) is 0 Å². The number of amides is 1. The van der Waals surface area contributed by atoms with Crippen LogP contribution in [0.15, 0.2) is 29.6 Å². The number of sulfonamides is 1. The fourth-order valence-electron chi connectivity index (χ4n) is 4.00. The van der Waals surface area contributed by atoms with Gasteiger partial charge in [-0.15, -0.1) is 11.3 Å². The Hall–Kier alpha value is -1.97. The SMILES string of the molecule is CC1CCCN(Cc2csc(NC(=O)c3cccc(N4CCCS4(=O)=O)c3)n2)C1. The molecule has 3 heterocycles. The standard InChI is InChI=1S/C20H26N4O3S2/c1-15-5-3-8-23(12-15)13-17-14-28-20(21-17)22-19(25)16-6-2-7-18(11-16)24-9-4-10-29(24,26)27/h2,6-7,11,14-15H,3-5,8-10,12-13H2,1H3,(H,21,22,25). The molecule has 1 aromatic heterocycles. The summed E-state index contributed by atoms with van der Waals surface area (Å²) in [6, 6.07) is 6.75. The van der Waals surface area contributed by atoms with Crippen molar-refractivity contribution >= 4 is 38.1 Å². The van der Waals surface area contributed by atoms with E-state index < -0.39 is 10.0 Å². The van der Waals surface area contributed by atoms with Gasteiger partial charge < -0.3 is 0 Å². The van der Waals surface area contributed by atoms with E-state index in [1.54, 1.807) is 24.3 Å². The molecule has 7 nitrogen and oxygen atoms in total. The molecule has 2 aromatic rings. The quantitative estimate of drug-likeness (QED) is 0.782. The van der Waals surface area contributed by atoms with Gasteiger partial charge in [-0.05, 0) is 49.9 Å². The molecule has 1 aromatic carbocycles. The minimum atomic E-state index is -3.27. The van der Waals surface area contributed by atoms with Gasteiger partial charge in [0.05, 0.1) is 17.1 Å². The third-order valence-electron chi connectivity index (χ3n) is 5.39. The number of likely N-dealkylation sites (tertiary alicyclic amines) is 1. The van der Waals surface area contributed by atoms with Gasteiger partial charge in [-0.2, -0.15) is 0 Å². The lowest BCUT2D eigenvalue weighted by Crippen LogP contribution is -2.33. The molecule has 29 heavy (non-hydrogen) atoms. The van der Waals surface area contributed by atoms with Crippen molar-refractivity contribution in [3.8, 4) is 0 Å². The van der Waals surface area contributed by atoms with Crippen molar-refractivity contribution in [2.75, 3.05) is 35.0 Å². The molecular weight excluding hydrogens is 408 g/mol. The number of piperidine rings is 1. The smallest absolute Gasteiger partial charge is 0.257 e. The normalized spacial score (nSPS) is 22.0. The zero-order chi connectivity index (χ0) is 20.4. The molecule has 2 fully saturated rings. The summed E-state index contributed by atoms with van der Waals surface area (Å²) in [7, 11) is -3.27. The second-order valence-corrected chi connectivity index (χ2v) is 10.7. The molecule has 156 valence electrons. The molecule has 0 spiro atoms. The summed E-state index contributed by atoms with van der Waals surface area (Å²) in [4.78, 5) is 19.6. The number of nitrogens with one attached hydrogen (secondary N) is 1. The van der Waals surface area contributed by atoms with Crippen LogP contribution in [0, 0.1) is 5.92 Å². The number of rotatable bonds is 5. The number of hydrogen-bond donors (Lipinski definition) is 1. The summed E-state index contributed by atoms with van der Waals surface area (Å²) in [5, 5.41) is 5.40. The van der Waals surface area contributed by atoms with Crippen LogP contribution >= 0.6 is 11.3 Å². The largest absolute Gasteiger partial charge is 0.298 e. The summed E-state index contributed by atoms with van der Waals surface area (Å²) >= 11 is 1.42. The van der Waals surface area contributed by atoms with Crippen LogP contribution in [0.1, 0.15) is 42.2 Å². The Balaban J connectivity index is 1.41. The lowest BCUT2D eigenvalue weighted by Gasteiger charge is -2.30. The van der Waals surface area contributed by atoms with Gasteiger partial charge >= 0.3 is 0 Å². The highest BCUT2D eigenvalue weighted by Gasteiger charge is 2.28. The van der Waals surface area contributed by atoms with Crippen LogP contribution < -0.4 is 9.62 Å². The number of carbonyl (C=O) groups is 1. The second kappa shape index (κ2) is 8.41. The van der Waals surface area contributed by atoms with Crippen LogP contribution in [0.2, 0.25) is 0 Å². The molecule has 1 unspecified atom stereocenters. The summed E-state index contributed by atoms with van der Waals surface area (Å²) in [5.41, 5.74) is 1.93. The maximum atomic E-state index is 12.7. The van der Waals surface area contributed by atoms with Gasteiger partial charge in [0.15, 0.2) is 5.13 Å². The summed E-state index contributed by atoms with van der Waals surface area (Å²) in [5.74, 6) is 0.588. The second-order valence-electron chi connectivity index (χ2n) is 7.87. The molecular formula is C20H26N4O3S2. The molecule has 9 heteroatoms. The average molecular weight is 435 g/mol. The van der Waals surface area contributed by atoms with Crippen LogP contribution in [-0.4, -0.2) is 49.6 Å². The maximum Gasteiger partial charge on any atom is 0.257 e. The van der Waals surface area contributed by atoms with Crippen LogP contribution in [0.3, 0.4) is 0 Å². The van der Waals surface area contributed by atoms with Crippen molar-refractivity contribution in [2.45, 2.75) is 32.7 Å². The Morgan fingerprint density at radius 3 is 2.93 bits per heavy atom. The highest BCUT2D eigenvalue weighted by molar-refractivity contribution is 7.93. The average Bonchev–Trinajstić information content (AvgIpc) is 3.27. The first-order chi connectivity index (χ1) is 13.9. The highest BCUT2D eigenvalue weighted by atomic mass is 32.2. The third-order valence-corrected chi connectivity index (χ3v) is 8.07. The van der Waals surface area contributed by atoms with Crippen molar-refractivity contribution in [2.24, 2.45) is 5.92 Å². The Morgan fingerprint density at radius 1 is 1.31 bits per heavy atom. The van der Waals surface area contributed by atoms with E-state index in [2.05, 4.69) is 22.1 Å². The van der Waals surface area contributed by atoms with E-state index in [9.17, 15) is 13.2 Å². The first kappa shape index (κ1) is 20.3. The number of carbonyl (C=O) groups excluding carboxylic acids is 1. The molecule has 1 atom stereocenters. The lowest BCUT2D eigenvalue weighted by molar-refractivity contribution is 0.102. The summed E-state index contributed by atoms with van der Waals surface area (Å²) < 4.78 is 25.6. The fraction of sp³-hybridized carbons (Fsp3) is 0.500. The molecule has 1 amide bonds. The first-order valence-electron chi connectivity index (χ1n) is 9.99. The lowest BCUT2D eigenvalue weighted by atomic mass is 10.0. The summed E-state index contributed by atoms with van der Waals surface area (Å²) in [6.07, 6.45) is 3.11. The number of aromatic nitrogens is 1. The molecule has 2 aliphatic heterocycles. The van der Waals surface area contributed by atoms with E-state index in [-0.39, 0.29) is 11.7 Å². The molecule has 0 saturated carbocycles. The zero-order valence-electron chi connectivity index (χ0n) is 16.5. The van der Waals surface area contributed by atoms with Gasteiger partial charge in [0.2, 0.25) is 10.0 Å². The molecule has 1 N–H and O–H groups in total. The van der Waals surface area contributed by atoms with Crippen molar-refractivity contribution in [3.05, 3.63) is 40.9 Å². The molecule has 2 saturated heterocycles. The van der Waals surface area contributed by atoms with E-state index in [1.165, 1.54) is 28.5 Å². The van der Waals surface area contributed by atoms with Crippen LogP contribution in [0.4, 0.5) is 10.8 Å². The topological polar surface area (TPSA) is 82.6 Å². The number of anilines is 2. The number of nitrogens with zero attached hydrogens (tertiary/aromatic N) is 3. The minimum absolute atomic E-state index is 0.154. The van der Waals surface area contributed by atoms with Crippen molar-refractivity contribution < 1.29 is 13.2 Å². The zero-order valence-corrected chi connectivity index (χ0v) is 18.1. The Bertz CT molecular complexity index is 989. The predicted octanol–water partition coefficient (Wildman–Crippen LogP) is 3.17. The Kier molecular flexibility index (Phi) is 5.89. The van der Waals surface area contributed by atoms with Crippen molar-refractivity contribution in [3.63, 3.8) is 0 Å². The minimum Gasteiger partial charge on any atom is -0.298 e. The van der Waals surface area contributed by atoms with E-state index in [0.717, 1.165) is 25.3 Å². The molecule has 2 aliphatic rings. The van der Waals surface area contributed by atoms with Gasteiger partial charge in [0.1, 0.15) is 0 Å². The molecule has 0 aliphatic carbocycles. The maximum absolute atomic E-state index is 12.7. The van der Waals surface area contributed by atoms with E-state index in [0.29, 0.717) is 35.3 Å². The Labute approximate surface area is 175 Å². The van der Waals surface area contributed by atoms with Crippen LogP contribution in [-0.2, 0) is 16.6 Å². The van der Waals surface area contributed by atoms with Crippen LogP contribution in [0.25, 0.3) is 0 Å². The van der Waals surface area contributed by atoms with Gasteiger partial charge in [-0.1, -0.05) is 13.0 Å². The van der Waals surface area contributed by atoms with E-state index in [4.69, 9.17) is 0 Å². The monoisotopic (exact) mass is 434 g/mol. The van der Waals surface area contributed by atoms with Gasteiger partial charge in [-0.25, -0.2) is 13.4 Å². The first-order valence-corrected chi connectivity index (χ1v) is 12.5. The number of thiazole rings is 1. The molecule has 0 bridgehead atoms. The van der Waals surface area contributed by atoms with E-state index in [1.807, 2.05) is 5.38 Å². The predicted molar refractivity (Wildman–Crippen MR) is 116 cm³/mol. The van der Waals surface area contributed by atoms with Crippen molar-refractivity contribution in [1.82, 2.24) is 9.88 Å². The number of benzene rings is 1.